The fourth-order valence-corrected chi connectivity index (χ4v) is 5.55. The average molecular weight is 378 g/mol. The van der Waals surface area contributed by atoms with Crippen LogP contribution in [0.2, 0.25) is 0 Å². The minimum atomic E-state index is -4.69. The summed E-state index contributed by atoms with van der Waals surface area (Å²) in [6.07, 6.45) is -2.22. The Bertz CT molecular complexity index is 696. The van der Waals surface area contributed by atoms with E-state index in [4.69, 9.17) is 9.47 Å². The van der Waals surface area contributed by atoms with E-state index in [0.29, 0.717) is 26.1 Å². The van der Waals surface area contributed by atoms with Gasteiger partial charge in [-0.3, -0.25) is 0 Å². The second-order valence-corrected chi connectivity index (χ2v) is 8.74. The summed E-state index contributed by atoms with van der Waals surface area (Å²) in [7, 11) is -4.05. The van der Waals surface area contributed by atoms with Crippen LogP contribution < -0.4 is 0 Å². The third-order valence-electron chi connectivity index (χ3n) is 4.83. The van der Waals surface area contributed by atoms with Gasteiger partial charge in [-0.05, 0) is 44.2 Å². The predicted octanol–water partition coefficient (Wildman–Crippen LogP) is 3.60. The van der Waals surface area contributed by atoms with Crippen molar-refractivity contribution in [2.75, 3.05) is 13.2 Å². The lowest BCUT2D eigenvalue weighted by atomic mass is 10.1. The van der Waals surface area contributed by atoms with Gasteiger partial charge in [0.15, 0.2) is 9.84 Å². The molecule has 0 bridgehead atoms. The third kappa shape index (κ3) is 4.17. The fraction of sp³-hybridized carbons (Fsp3) is 0.647. The van der Waals surface area contributed by atoms with Crippen molar-refractivity contribution in [3.8, 4) is 0 Å². The lowest BCUT2D eigenvalue weighted by molar-refractivity contribution is -0.139. The zero-order valence-corrected chi connectivity index (χ0v) is 14.5. The summed E-state index contributed by atoms with van der Waals surface area (Å²) in [6, 6.07) is 4.39. The Kier molecular flexibility index (Phi) is 5.41. The Hall–Kier alpha value is -1.12. The van der Waals surface area contributed by atoms with Gasteiger partial charge in [0.25, 0.3) is 0 Å². The molecule has 1 aliphatic heterocycles. The van der Waals surface area contributed by atoms with Gasteiger partial charge in [0.2, 0.25) is 0 Å². The van der Waals surface area contributed by atoms with Crippen molar-refractivity contribution in [2.45, 2.75) is 60.6 Å². The van der Waals surface area contributed by atoms with Crippen molar-refractivity contribution >= 4 is 9.84 Å². The summed E-state index contributed by atoms with van der Waals surface area (Å²) in [5.41, 5.74) is -1.09. The quantitative estimate of drug-likeness (QED) is 0.803. The number of alkyl halides is 3. The average Bonchev–Trinajstić information content (AvgIpc) is 3.04. The van der Waals surface area contributed by atoms with E-state index in [9.17, 15) is 21.6 Å². The molecule has 2 fully saturated rings. The van der Waals surface area contributed by atoms with Crippen molar-refractivity contribution < 1.29 is 31.1 Å². The standard InChI is InChI=1S/C17H21F3O4S/c18-17(19,20)15-3-1-2-4-16(15)25(21,22)14-6-5-13(11-14)24-12-7-9-23-10-8-12/h1-4,12-14H,5-11H2. The van der Waals surface area contributed by atoms with Crippen molar-refractivity contribution in [3.63, 3.8) is 0 Å². The molecular formula is C17H21F3O4S. The molecule has 8 heteroatoms. The second kappa shape index (κ2) is 7.25. The monoisotopic (exact) mass is 378 g/mol. The van der Waals surface area contributed by atoms with Gasteiger partial charge in [0.05, 0.1) is 27.9 Å². The molecule has 1 aromatic rings. The molecule has 25 heavy (non-hydrogen) atoms. The van der Waals surface area contributed by atoms with Crippen LogP contribution in [0.1, 0.15) is 37.7 Å². The fourth-order valence-electron chi connectivity index (χ4n) is 3.52. The van der Waals surface area contributed by atoms with Crippen LogP contribution in [-0.2, 0) is 25.5 Å². The smallest absolute Gasteiger partial charge is 0.381 e. The molecule has 1 heterocycles. The number of rotatable bonds is 4. The van der Waals surface area contributed by atoms with Gasteiger partial charge in [0, 0.05) is 13.2 Å². The van der Waals surface area contributed by atoms with E-state index in [-0.39, 0.29) is 18.6 Å². The Morgan fingerprint density at radius 2 is 1.68 bits per heavy atom. The molecule has 2 unspecified atom stereocenters. The number of halogens is 3. The third-order valence-corrected chi connectivity index (χ3v) is 7.10. The van der Waals surface area contributed by atoms with Crippen molar-refractivity contribution in [2.24, 2.45) is 0 Å². The molecule has 2 aliphatic rings. The van der Waals surface area contributed by atoms with Gasteiger partial charge in [-0.2, -0.15) is 13.2 Å². The normalized spacial score (nSPS) is 26.0. The number of hydrogen-bond acceptors (Lipinski definition) is 4. The summed E-state index contributed by atoms with van der Waals surface area (Å²) in [5.74, 6) is 0. The highest BCUT2D eigenvalue weighted by molar-refractivity contribution is 7.92. The molecule has 3 rings (SSSR count). The summed E-state index contributed by atoms with van der Waals surface area (Å²) in [4.78, 5) is -0.626. The second-order valence-electron chi connectivity index (χ2n) is 6.54. The predicted molar refractivity (Wildman–Crippen MR) is 85.0 cm³/mol. The SMILES string of the molecule is O=S(=O)(c1ccccc1C(F)(F)F)C1CCC(OC2CCOCC2)C1. The number of sulfone groups is 1. The van der Waals surface area contributed by atoms with Crippen LogP contribution in [0.3, 0.4) is 0 Å². The van der Waals surface area contributed by atoms with Crippen molar-refractivity contribution in [1.29, 1.82) is 0 Å². The molecule has 0 radical (unpaired) electrons. The van der Waals surface area contributed by atoms with Crippen LogP contribution in [0, 0.1) is 0 Å². The van der Waals surface area contributed by atoms with E-state index < -0.39 is 31.7 Å². The topological polar surface area (TPSA) is 52.6 Å². The first kappa shape index (κ1) is 18.7. The van der Waals surface area contributed by atoms with Gasteiger partial charge in [0.1, 0.15) is 0 Å². The van der Waals surface area contributed by atoms with Crippen LogP contribution in [0.5, 0.6) is 0 Å². The van der Waals surface area contributed by atoms with Crippen LogP contribution >= 0.6 is 0 Å². The van der Waals surface area contributed by atoms with E-state index in [1.807, 2.05) is 0 Å². The van der Waals surface area contributed by atoms with Gasteiger partial charge >= 0.3 is 6.18 Å². The number of benzene rings is 1. The zero-order chi connectivity index (χ0) is 18.1. The first-order valence-electron chi connectivity index (χ1n) is 8.42. The summed E-state index contributed by atoms with van der Waals surface area (Å²) in [5, 5.41) is -0.833. The maximum atomic E-state index is 13.2. The highest BCUT2D eigenvalue weighted by Gasteiger charge is 2.42. The lowest BCUT2D eigenvalue weighted by Gasteiger charge is -2.25. The van der Waals surface area contributed by atoms with Crippen LogP contribution in [0.15, 0.2) is 29.2 Å². The van der Waals surface area contributed by atoms with Gasteiger partial charge in [-0.15, -0.1) is 0 Å². The molecule has 1 saturated carbocycles. The highest BCUT2D eigenvalue weighted by Crippen LogP contribution is 2.39. The van der Waals surface area contributed by atoms with E-state index >= 15 is 0 Å². The molecule has 0 aromatic heterocycles. The van der Waals surface area contributed by atoms with Crippen LogP contribution in [0.25, 0.3) is 0 Å². The van der Waals surface area contributed by atoms with E-state index in [2.05, 4.69) is 0 Å². The number of ether oxygens (including phenoxy) is 2. The number of hydrogen-bond donors (Lipinski definition) is 0. The van der Waals surface area contributed by atoms with Crippen LogP contribution in [0.4, 0.5) is 13.2 Å². The Labute approximate surface area is 145 Å². The minimum Gasteiger partial charge on any atom is -0.381 e. The molecule has 0 N–H and O–H groups in total. The largest absolute Gasteiger partial charge is 0.417 e. The Morgan fingerprint density at radius 1 is 1.00 bits per heavy atom. The maximum Gasteiger partial charge on any atom is 0.417 e. The van der Waals surface area contributed by atoms with Gasteiger partial charge in [-0.1, -0.05) is 12.1 Å². The molecule has 1 aromatic carbocycles. The zero-order valence-electron chi connectivity index (χ0n) is 13.7. The Balaban J connectivity index is 1.74. The highest BCUT2D eigenvalue weighted by atomic mass is 32.2. The van der Waals surface area contributed by atoms with Crippen molar-refractivity contribution in [1.82, 2.24) is 0 Å². The molecule has 2 atom stereocenters. The molecule has 4 nitrogen and oxygen atoms in total. The summed E-state index contributed by atoms with van der Waals surface area (Å²) in [6.45, 7) is 1.25. The van der Waals surface area contributed by atoms with Gasteiger partial charge in [-0.25, -0.2) is 8.42 Å². The lowest BCUT2D eigenvalue weighted by Crippen LogP contribution is -2.28. The molecule has 1 saturated heterocycles. The molecule has 1 aliphatic carbocycles. The maximum absolute atomic E-state index is 13.2. The van der Waals surface area contributed by atoms with Crippen LogP contribution in [-0.4, -0.2) is 39.1 Å². The van der Waals surface area contributed by atoms with E-state index in [1.165, 1.54) is 12.1 Å². The summed E-state index contributed by atoms with van der Waals surface area (Å²) >= 11 is 0. The first-order chi connectivity index (χ1) is 11.8. The first-order valence-corrected chi connectivity index (χ1v) is 9.96. The Morgan fingerprint density at radius 3 is 2.36 bits per heavy atom. The molecule has 0 spiro atoms. The van der Waals surface area contributed by atoms with Gasteiger partial charge < -0.3 is 9.47 Å². The molecular weight excluding hydrogens is 357 g/mol. The van der Waals surface area contributed by atoms with E-state index in [1.54, 1.807) is 0 Å². The summed E-state index contributed by atoms with van der Waals surface area (Å²) < 4.78 is 76.2. The van der Waals surface area contributed by atoms with Crippen molar-refractivity contribution in [3.05, 3.63) is 29.8 Å². The molecule has 0 amide bonds. The molecule has 140 valence electrons. The minimum absolute atomic E-state index is 0.0441. The van der Waals surface area contributed by atoms with E-state index in [0.717, 1.165) is 25.0 Å².